The van der Waals surface area contributed by atoms with Gasteiger partial charge in [0.05, 0.1) is 18.4 Å². The summed E-state index contributed by atoms with van der Waals surface area (Å²) in [6.07, 6.45) is -0.125. The predicted molar refractivity (Wildman–Crippen MR) is 71.1 cm³/mol. The Labute approximate surface area is 119 Å². The standard InChI is InChI=1S/C12H20O7S/c1-8(2)17-10(13)7-9(3)18-11(14)12(4,5)19-20(6,15)16/h9H,1,7H2,2-6H3. The van der Waals surface area contributed by atoms with Crippen LogP contribution in [0.3, 0.4) is 0 Å². The molecule has 1 atom stereocenters. The second-order valence-corrected chi connectivity index (χ2v) is 6.47. The molecule has 7 nitrogen and oxygen atoms in total. The van der Waals surface area contributed by atoms with E-state index >= 15 is 0 Å². The summed E-state index contributed by atoms with van der Waals surface area (Å²) in [5.74, 6) is -1.26. The van der Waals surface area contributed by atoms with Gasteiger partial charge in [-0.2, -0.15) is 8.42 Å². The minimum Gasteiger partial charge on any atom is -0.460 e. The number of hydrogen-bond acceptors (Lipinski definition) is 7. The van der Waals surface area contributed by atoms with Crippen molar-refractivity contribution in [2.45, 2.75) is 45.8 Å². The molecule has 0 aliphatic rings. The lowest BCUT2D eigenvalue weighted by atomic mass is 10.1. The molecule has 0 N–H and O–H groups in total. The van der Waals surface area contributed by atoms with Gasteiger partial charge in [-0.25, -0.2) is 4.79 Å². The molecule has 0 radical (unpaired) electrons. The van der Waals surface area contributed by atoms with E-state index < -0.39 is 33.8 Å². The Morgan fingerprint density at radius 2 is 1.80 bits per heavy atom. The van der Waals surface area contributed by atoms with Crippen molar-refractivity contribution in [2.75, 3.05) is 6.26 Å². The van der Waals surface area contributed by atoms with Crippen molar-refractivity contribution in [1.29, 1.82) is 0 Å². The molecule has 0 amide bonds. The van der Waals surface area contributed by atoms with E-state index in [1.807, 2.05) is 0 Å². The molecule has 0 aromatic rings. The number of ether oxygens (including phenoxy) is 2. The molecule has 0 bridgehead atoms. The summed E-state index contributed by atoms with van der Waals surface area (Å²) in [6.45, 7) is 8.92. The summed E-state index contributed by atoms with van der Waals surface area (Å²) < 4.78 is 36.3. The van der Waals surface area contributed by atoms with Crippen LogP contribution in [0, 0.1) is 0 Å². The van der Waals surface area contributed by atoms with Gasteiger partial charge in [-0.1, -0.05) is 6.58 Å². The second-order valence-electron chi connectivity index (χ2n) is 4.89. The molecular weight excluding hydrogens is 288 g/mol. The highest BCUT2D eigenvalue weighted by atomic mass is 32.2. The van der Waals surface area contributed by atoms with Gasteiger partial charge in [-0.3, -0.25) is 8.98 Å². The van der Waals surface area contributed by atoms with Crippen molar-refractivity contribution in [3.05, 3.63) is 12.3 Å². The predicted octanol–water partition coefficient (Wildman–Crippen LogP) is 1.14. The molecule has 0 rings (SSSR count). The van der Waals surface area contributed by atoms with Crippen molar-refractivity contribution in [3.8, 4) is 0 Å². The zero-order chi connectivity index (χ0) is 16.1. The molecule has 0 heterocycles. The monoisotopic (exact) mass is 308 g/mol. The highest BCUT2D eigenvalue weighted by Crippen LogP contribution is 2.16. The zero-order valence-corrected chi connectivity index (χ0v) is 13.1. The van der Waals surface area contributed by atoms with Crippen LogP contribution >= 0.6 is 0 Å². The molecule has 0 aliphatic heterocycles. The van der Waals surface area contributed by atoms with Crippen LogP contribution in [0.25, 0.3) is 0 Å². The number of allylic oxidation sites excluding steroid dienone is 1. The first kappa shape index (κ1) is 18.6. The van der Waals surface area contributed by atoms with Crippen LogP contribution in [0.15, 0.2) is 12.3 Å². The minimum atomic E-state index is -3.81. The minimum absolute atomic E-state index is 0.173. The SMILES string of the molecule is C=C(C)OC(=O)CC(C)OC(=O)C(C)(C)OS(C)(=O)=O. The third-order valence-electron chi connectivity index (χ3n) is 1.90. The number of rotatable bonds is 7. The van der Waals surface area contributed by atoms with Gasteiger partial charge in [0.15, 0.2) is 5.60 Å². The Hall–Kier alpha value is -1.41. The molecule has 0 aliphatic carbocycles. The lowest BCUT2D eigenvalue weighted by molar-refractivity contribution is -0.165. The van der Waals surface area contributed by atoms with Crippen molar-refractivity contribution in [3.63, 3.8) is 0 Å². The van der Waals surface area contributed by atoms with Crippen LogP contribution in [-0.2, 0) is 33.4 Å². The number of esters is 2. The van der Waals surface area contributed by atoms with Gasteiger partial charge in [0.25, 0.3) is 10.1 Å². The average Bonchev–Trinajstić information content (AvgIpc) is 2.10. The Morgan fingerprint density at radius 3 is 2.20 bits per heavy atom. The first-order chi connectivity index (χ1) is 8.83. The van der Waals surface area contributed by atoms with Crippen LogP contribution in [0.4, 0.5) is 0 Å². The Morgan fingerprint density at radius 1 is 1.30 bits per heavy atom. The van der Waals surface area contributed by atoms with E-state index in [-0.39, 0.29) is 12.2 Å². The number of carbonyl (C=O) groups excluding carboxylic acids is 2. The summed E-state index contributed by atoms with van der Waals surface area (Å²) in [5.41, 5.74) is -1.67. The molecule has 0 spiro atoms. The van der Waals surface area contributed by atoms with Crippen LogP contribution in [-0.4, -0.2) is 38.3 Å². The lowest BCUT2D eigenvalue weighted by Crippen LogP contribution is -2.40. The van der Waals surface area contributed by atoms with Crippen molar-refractivity contribution < 1.29 is 31.7 Å². The summed E-state index contributed by atoms with van der Waals surface area (Å²) >= 11 is 0. The summed E-state index contributed by atoms with van der Waals surface area (Å²) in [5, 5.41) is 0. The third-order valence-corrected chi connectivity index (χ3v) is 2.62. The Balaban J connectivity index is 4.52. The fourth-order valence-electron chi connectivity index (χ4n) is 1.25. The quantitative estimate of drug-likeness (QED) is 0.395. The fraction of sp³-hybridized carbons (Fsp3) is 0.667. The molecule has 0 saturated heterocycles. The molecule has 8 heteroatoms. The first-order valence-corrected chi connectivity index (χ1v) is 7.63. The van der Waals surface area contributed by atoms with Crippen molar-refractivity contribution in [2.24, 2.45) is 0 Å². The molecule has 0 fully saturated rings. The van der Waals surface area contributed by atoms with Crippen LogP contribution < -0.4 is 0 Å². The van der Waals surface area contributed by atoms with Gasteiger partial charge in [-0.05, 0) is 27.7 Å². The van der Waals surface area contributed by atoms with E-state index in [9.17, 15) is 18.0 Å². The average molecular weight is 308 g/mol. The maximum absolute atomic E-state index is 11.8. The van der Waals surface area contributed by atoms with E-state index in [4.69, 9.17) is 9.47 Å². The third kappa shape index (κ3) is 7.90. The molecule has 1 unspecified atom stereocenters. The summed E-state index contributed by atoms with van der Waals surface area (Å²) in [6, 6.07) is 0. The number of hydrogen-bond donors (Lipinski definition) is 0. The van der Waals surface area contributed by atoms with E-state index in [0.29, 0.717) is 0 Å². The van der Waals surface area contributed by atoms with Crippen molar-refractivity contribution >= 4 is 22.1 Å². The van der Waals surface area contributed by atoms with E-state index in [1.54, 1.807) is 0 Å². The van der Waals surface area contributed by atoms with E-state index in [2.05, 4.69) is 10.8 Å². The maximum Gasteiger partial charge on any atom is 0.339 e. The topological polar surface area (TPSA) is 96.0 Å². The Kier molecular flexibility index (Phi) is 6.36. The molecule has 0 aromatic heterocycles. The fourth-order valence-corrected chi connectivity index (χ4v) is 2.07. The van der Waals surface area contributed by atoms with Gasteiger partial charge in [0.1, 0.15) is 6.10 Å². The van der Waals surface area contributed by atoms with Crippen LogP contribution in [0.1, 0.15) is 34.1 Å². The van der Waals surface area contributed by atoms with Gasteiger partial charge < -0.3 is 9.47 Å². The highest BCUT2D eigenvalue weighted by Gasteiger charge is 2.35. The normalized spacial score (nSPS) is 13.4. The van der Waals surface area contributed by atoms with E-state index in [1.165, 1.54) is 27.7 Å². The van der Waals surface area contributed by atoms with Gasteiger partial charge in [0.2, 0.25) is 0 Å². The largest absolute Gasteiger partial charge is 0.460 e. The van der Waals surface area contributed by atoms with Crippen LogP contribution in [0.2, 0.25) is 0 Å². The summed E-state index contributed by atoms with van der Waals surface area (Å²) in [7, 11) is -3.81. The smallest absolute Gasteiger partial charge is 0.339 e. The van der Waals surface area contributed by atoms with Gasteiger partial charge >= 0.3 is 11.9 Å². The Bertz CT molecular complexity index is 490. The zero-order valence-electron chi connectivity index (χ0n) is 12.3. The van der Waals surface area contributed by atoms with Crippen molar-refractivity contribution in [1.82, 2.24) is 0 Å². The molecule has 20 heavy (non-hydrogen) atoms. The van der Waals surface area contributed by atoms with E-state index in [0.717, 1.165) is 6.26 Å². The van der Waals surface area contributed by atoms with Gasteiger partial charge in [-0.15, -0.1) is 0 Å². The molecule has 0 aromatic carbocycles. The lowest BCUT2D eigenvalue weighted by Gasteiger charge is -2.23. The molecular formula is C12H20O7S. The molecule has 116 valence electrons. The van der Waals surface area contributed by atoms with Gasteiger partial charge in [0, 0.05) is 0 Å². The van der Waals surface area contributed by atoms with Crippen LogP contribution in [0.5, 0.6) is 0 Å². The first-order valence-electron chi connectivity index (χ1n) is 5.81. The summed E-state index contributed by atoms with van der Waals surface area (Å²) in [4.78, 5) is 23.1. The number of carbonyl (C=O) groups is 2. The highest BCUT2D eigenvalue weighted by molar-refractivity contribution is 7.86. The second kappa shape index (κ2) is 6.85. The molecule has 0 saturated carbocycles. The maximum atomic E-state index is 11.8.